The first-order valence-corrected chi connectivity index (χ1v) is 10.9. The molecule has 0 radical (unpaired) electrons. The highest BCUT2D eigenvalue weighted by atomic mass is 35.5. The van der Waals surface area contributed by atoms with Crippen LogP contribution in [0, 0.1) is 0 Å². The average Bonchev–Trinajstić information content (AvgIpc) is 2.67. The van der Waals surface area contributed by atoms with Crippen LogP contribution in [0.4, 0.5) is 5.82 Å². The van der Waals surface area contributed by atoms with Crippen LogP contribution in [0.5, 0.6) is 0 Å². The Morgan fingerprint density at radius 1 is 1.25 bits per heavy atom. The second kappa shape index (κ2) is 10.1. The number of rotatable bonds is 7. The van der Waals surface area contributed by atoms with E-state index in [-0.39, 0.29) is 18.1 Å². The van der Waals surface area contributed by atoms with Gasteiger partial charge in [-0.05, 0) is 37.6 Å². The monoisotopic (exact) mass is 419 g/mol. The van der Waals surface area contributed by atoms with Gasteiger partial charge in [-0.2, -0.15) is 0 Å². The van der Waals surface area contributed by atoms with Crippen molar-refractivity contribution in [2.45, 2.75) is 43.9 Å². The summed E-state index contributed by atoms with van der Waals surface area (Å²) in [5, 5.41) is 3.68. The molecule has 1 aromatic heterocycles. The Morgan fingerprint density at radius 3 is 2.68 bits per heavy atom. The van der Waals surface area contributed by atoms with Gasteiger partial charge in [-0.25, -0.2) is 4.98 Å². The van der Waals surface area contributed by atoms with Crippen LogP contribution in [0.25, 0.3) is 0 Å². The Morgan fingerprint density at radius 2 is 2.00 bits per heavy atom. The number of amides is 1. The fourth-order valence-corrected chi connectivity index (χ4v) is 4.37. The number of ether oxygens (including phenoxy) is 1. The zero-order chi connectivity index (χ0) is 19.9. The van der Waals surface area contributed by atoms with Crippen LogP contribution >= 0.6 is 23.4 Å². The number of nitrogens with zero attached hydrogens (tertiary/aromatic N) is 2. The first-order valence-electron chi connectivity index (χ1n) is 9.50. The van der Waals surface area contributed by atoms with Crippen LogP contribution in [0.2, 0.25) is 5.02 Å². The van der Waals surface area contributed by atoms with Crippen molar-refractivity contribution in [3.63, 3.8) is 0 Å². The van der Waals surface area contributed by atoms with Crippen molar-refractivity contribution in [3.05, 3.63) is 53.2 Å². The highest BCUT2D eigenvalue weighted by molar-refractivity contribution is 7.99. The summed E-state index contributed by atoms with van der Waals surface area (Å²) in [5.41, 5.74) is 0.991. The van der Waals surface area contributed by atoms with Crippen molar-refractivity contribution >= 4 is 35.1 Å². The number of hydrogen-bond acceptors (Lipinski definition) is 5. The van der Waals surface area contributed by atoms with E-state index in [9.17, 15) is 4.79 Å². The minimum atomic E-state index is 0.0273. The quantitative estimate of drug-likeness (QED) is 0.683. The summed E-state index contributed by atoms with van der Waals surface area (Å²) in [6.45, 7) is 6.33. The topological polar surface area (TPSA) is 54.5 Å². The number of benzene rings is 1. The summed E-state index contributed by atoms with van der Waals surface area (Å²) in [6, 6.07) is 11.7. The molecule has 0 spiro atoms. The molecule has 1 saturated heterocycles. The van der Waals surface area contributed by atoms with E-state index in [1.54, 1.807) is 11.8 Å². The van der Waals surface area contributed by atoms with E-state index in [0.717, 1.165) is 34.4 Å². The third kappa shape index (κ3) is 6.12. The smallest absolute Gasteiger partial charge is 0.221 e. The van der Waals surface area contributed by atoms with Gasteiger partial charge in [0.05, 0.1) is 17.2 Å². The van der Waals surface area contributed by atoms with Crippen LogP contribution < -0.4 is 10.2 Å². The molecule has 1 N–H and O–H groups in total. The van der Waals surface area contributed by atoms with Crippen molar-refractivity contribution in [3.8, 4) is 0 Å². The van der Waals surface area contributed by atoms with Crippen LogP contribution in [0.3, 0.4) is 0 Å². The van der Waals surface area contributed by atoms with E-state index in [4.69, 9.17) is 16.3 Å². The van der Waals surface area contributed by atoms with Gasteiger partial charge in [0.2, 0.25) is 5.91 Å². The fourth-order valence-electron chi connectivity index (χ4n) is 3.18. The summed E-state index contributed by atoms with van der Waals surface area (Å²) < 4.78 is 5.77. The van der Waals surface area contributed by atoms with Gasteiger partial charge >= 0.3 is 0 Å². The van der Waals surface area contributed by atoms with Crippen molar-refractivity contribution in [1.29, 1.82) is 0 Å². The van der Waals surface area contributed by atoms with E-state index in [1.807, 2.05) is 42.6 Å². The maximum Gasteiger partial charge on any atom is 0.221 e. The maximum absolute atomic E-state index is 12.1. The van der Waals surface area contributed by atoms with Gasteiger partial charge in [-0.1, -0.05) is 29.8 Å². The van der Waals surface area contributed by atoms with Gasteiger partial charge in [-0.15, -0.1) is 11.8 Å². The van der Waals surface area contributed by atoms with E-state index in [1.165, 1.54) is 0 Å². The molecule has 0 aliphatic carbocycles. The molecule has 0 bridgehead atoms. The third-order valence-electron chi connectivity index (χ3n) is 4.47. The number of nitrogens with one attached hydrogen (secondary N) is 1. The minimum Gasteiger partial charge on any atom is -0.372 e. The molecule has 2 aromatic rings. The molecule has 1 aliphatic rings. The highest BCUT2D eigenvalue weighted by Gasteiger charge is 2.22. The number of hydrogen-bond donors (Lipinski definition) is 1. The minimum absolute atomic E-state index is 0.0273. The first-order chi connectivity index (χ1) is 13.5. The summed E-state index contributed by atoms with van der Waals surface area (Å²) in [4.78, 5) is 19.9. The number of pyridine rings is 1. The standard InChI is InChI=1S/C21H26ClN3O2S/c1-15-13-25(14-16(2)27-15)20-8-7-17(11-23-20)12-24-21(26)9-10-28-19-6-4-3-5-18(19)22/h3-8,11,15-16H,9-10,12-14H2,1-2H3,(H,24,26). The summed E-state index contributed by atoms with van der Waals surface area (Å²) in [7, 11) is 0. The molecule has 3 rings (SSSR count). The number of thioether (sulfide) groups is 1. The summed E-state index contributed by atoms with van der Waals surface area (Å²) >= 11 is 7.72. The van der Waals surface area contributed by atoms with E-state index in [2.05, 4.69) is 29.0 Å². The SMILES string of the molecule is CC1CN(c2ccc(CNC(=O)CCSc3ccccc3Cl)cn2)CC(C)O1. The zero-order valence-corrected chi connectivity index (χ0v) is 17.8. The van der Waals surface area contributed by atoms with Gasteiger partial charge < -0.3 is 15.0 Å². The molecule has 150 valence electrons. The van der Waals surface area contributed by atoms with Crippen LogP contribution in [0.1, 0.15) is 25.8 Å². The molecule has 2 heterocycles. The molecule has 7 heteroatoms. The van der Waals surface area contributed by atoms with Crippen molar-refractivity contribution in [1.82, 2.24) is 10.3 Å². The number of morpholine rings is 1. The van der Waals surface area contributed by atoms with Crippen LogP contribution in [-0.4, -0.2) is 41.9 Å². The number of carbonyl (C=O) groups is 1. The third-order valence-corrected chi connectivity index (χ3v) is 5.98. The second-order valence-corrected chi connectivity index (χ2v) is 8.54. The van der Waals surface area contributed by atoms with Crippen LogP contribution in [0.15, 0.2) is 47.5 Å². The van der Waals surface area contributed by atoms with E-state index < -0.39 is 0 Å². The van der Waals surface area contributed by atoms with Gasteiger partial charge in [0, 0.05) is 42.9 Å². The largest absolute Gasteiger partial charge is 0.372 e. The molecule has 1 aromatic carbocycles. The molecular weight excluding hydrogens is 394 g/mol. The maximum atomic E-state index is 12.1. The molecule has 1 amide bonds. The number of carbonyl (C=O) groups excluding carboxylic acids is 1. The average molecular weight is 420 g/mol. The number of aromatic nitrogens is 1. The molecule has 2 atom stereocenters. The van der Waals surface area contributed by atoms with Gasteiger partial charge in [0.1, 0.15) is 5.82 Å². The molecule has 1 fully saturated rings. The predicted molar refractivity (Wildman–Crippen MR) is 115 cm³/mol. The van der Waals surface area contributed by atoms with E-state index in [0.29, 0.717) is 18.7 Å². The second-order valence-electron chi connectivity index (χ2n) is 6.99. The lowest BCUT2D eigenvalue weighted by atomic mass is 10.2. The molecular formula is C21H26ClN3O2S. The molecule has 5 nitrogen and oxygen atoms in total. The first kappa shape index (κ1) is 21.0. The van der Waals surface area contributed by atoms with E-state index >= 15 is 0 Å². The number of halogens is 1. The lowest BCUT2D eigenvalue weighted by molar-refractivity contribution is -0.120. The predicted octanol–water partition coefficient (Wildman–Crippen LogP) is 4.15. The fraction of sp³-hybridized carbons (Fsp3) is 0.429. The Labute approximate surface area is 175 Å². The van der Waals surface area contributed by atoms with Gasteiger partial charge in [0.15, 0.2) is 0 Å². The van der Waals surface area contributed by atoms with Crippen molar-refractivity contribution in [2.24, 2.45) is 0 Å². The summed E-state index contributed by atoms with van der Waals surface area (Å²) in [6.07, 6.45) is 2.69. The normalized spacial score (nSPS) is 19.5. The molecule has 2 unspecified atom stereocenters. The Balaban J connectivity index is 1.42. The lowest BCUT2D eigenvalue weighted by Crippen LogP contribution is -2.45. The van der Waals surface area contributed by atoms with Crippen LogP contribution in [-0.2, 0) is 16.1 Å². The lowest BCUT2D eigenvalue weighted by Gasteiger charge is -2.36. The number of anilines is 1. The van der Waals surface area contributed by atoms with Gasteiger partial charge in [-0.3, -0.25) is 4.79 Å². The Kier molecular flexibility index (Phi) is 7.59. The summed E-state index contributed by atoms with van der Waals surface area (Å²) in [5.74, 6) is 1.67. The van der Waals surface area contributed by atoms with Crippen molar-refractivity contribution < 1.29 is 9.53 Å². The Hall–Kier alpha value is -1.76. The highest BCUT2D eigenvalue weighted by Crippen LogP contribution is 2.26. The molecule has 0 saturated carbocycles. The zero-order valence-electron chi connectivity index (χ0n) is 16.2. The van der Waals surface area contributed by atoms with Gasteiger partial charge in [0.25, 0.3) is 0 Å². The molecule has 1 aliphatic heterocycles. The molecule has 28 heavy (non-hydrogen) atoms. The van der Waals surface area contributed by atoms with Crippen molar-refractivity contribution in [2.75, 3.05) is 23.7 Å². The Bertz CT molecular complexity index is 777.